The van der Waals surface area contributed by atoms with Crippen LogP contribution in [0.3, 0.4) is 0 Å². The summed E-state index contributed by atoms with van der Waals surface area (Å²) in [7, 11) is 2.05. The highest BCUT2D eigenvalue weighted by Crippen LogP contribution is 2.17. The lowest BCUT2D eigenvalue weighted by molar-refractivity contribution is 0.120. The van der Waals surface area contributed by atoms with Crippen molar-refractivity contribution in [3.63, 3.8) is 0 Å². The summed E-state index contributed by atoms with van der Waals surface area (Å²) in [5.74, 6) is 0. The van der Waals surface area contributed by atoms with Gasteiger partial charge in [-0.05, 0) is 63.9 Å². The SMILES string of the molecule is Cc1cc(C)c(CCN(C)CC(O)CCN)c(C)c1. The van der Waals surface area contributed by atoms with Gasteiger partial charge in [-0.1, -0.05) is 17.7 Å². The molecule has 1 unspecified atom stereocenters. The predicted molar refractivity (Wildman–Crippen MR) is 81.5 cm³/mol. The minimum atomic E-state index is -0.310. The van der Waals surface area contributed by atoms with Gasteiger partial charge in [0.25, 0.3) is 0 Å². The van der Waals surface area contributed by atoms with Gasteiger partial charge in [0.15, 0.2) is 0 Å². The third kappa shape index (κ3) is 5.31. The van der Waals surface area contributed by atoms with Gasteiger partial charge in [0, 0.05) is 13.1 Å². The Kier molecular flexibility index (Phi) is 6.49. The molecule has 0 heterocycles. The first kappa shape index (κ1) is 16.2. The van der Waals surface area contributed by atoms with E-state index in [4.69, 9.17) is 5.73 Å². The number of benzene rings is 1. The lowest BCUT2D eigenvalue weighted by Crippen LogP contribution is -2.32. The Morgan fingerprint density at radius 2 is 1.79 bits per heavy atom. The van der Waals surface area contributed by atoms with Gasteiger partial charge < -0.3 is 15.7 Å². The number of hydrogen-bond donors (Lipinski definition) is 2. The van der Waals surface area contributed by atoms with Crippen LogP contribution in [0.2, 0.25) is 0 Å². The van der Waals surface area contributed by atoms with Gasteiger partial charge in [0.05, 0.1) is 6.10 Å². The van der Waals surface area contributed by atoms with Crippen LogP contribution in [0.25, 0.3) is 0 Å². The fraction of sp³-hybridized carbons (Fsp3) is 0.625. The van der Waals surface area contributed by atoms with Crippen LogP contribution in [0.5, 0.6) is 0 Å². The summed E-state index contributed by atoms with van der Waals surface area (Å²) in [5.41, 5.74) is 10.9. The van der Waals surface area contributed by atoms with Crippen molar-refractivity contribution in [2.45, 2.75) is 39.7 Å². The molecule has 108 valence electrons. The molecule has 1 aromatic rings. The van der Waals surface area contributed by atoms with Gasteiger partial charge in [-0.2, -0.15) is 0 Å². The monoisotopic (exact) mass is 264 g/mol. The van der Waals surface area contributed by atoms with E-state index in [1.807, 2.05) is 0 Å². The highest BCUT2D eigenvalue weighted by molar-refractivity contribution is 5.37. The Hall–Kier alpha value is -0.900. The van der Waals surface area contributed by atoms with Gasteiger partial charge in [0.2, 0.25) is 0 Å². The quantitative estimate of drug-likeness (QED) is 0.789. The second kappa shape index (κ2) is 7.63. The summed E-state index contributed by atoms with van der Waals surface area (Å²) in [4.78, 5) is 2.18. The smallest absolute Gasteiger partial charge is 0.0679 e. The molecule has 0 amide bonds. The highest BCUT2D eigenvalue weighted by atomic mass is 16.3. The second-order valence-electron chi connectivity index (χ2n) is 5.62. The van der Waals surface area contributed by atoms with Crippen LogP contribution in [0, 0.1) is 20.8 Å². The van der Waals surface area contributed by atoms with E-state index in [2.05, 4.69) is 44.9 Å². The first-order valence-corrected chi connectivity index (χ1v) is 7.07. The van der Waals surface area contributed by atoms with E-state index in [0.717, 1.165) is 13.0 Å². The van der Waals surface area contributed by atoms with Gasteiger partial charge in [-0.25, -0.2) is 0 Å². The first-order chi connectivity index (χ1) is 8.93. The maximum atomic E-state index is 9.74. The van der Waals surface area contributed by atoms with E-state index < -0.39 is 0 Å². The van der Waals surface area contributed by atoms with E-state index in [0.29, 0.717) is 19.5 Å². The standard InChI is InChI=1S/C16H28N2O/c1-12-9-13(2)16(14(3)10-12)6-8-18(4)11-15(19)5-7-17/h9-10,15,19H,5-8,11,17H2,1-4H3. The number of aliphatic hydroxyl groups is 1. The zero-order valence-electron chi connectivity index (χ0n) is 12.7. The Morgan fingerprint density at radius 1 is 1.21 bits per heavy atom. The molecular formula is C16H28N2O. The number of rotatable bonds is 7. The topological polar surface area (TPSA) is 49.5 Å². The zero-order valence-corrected chi connectivity index (χ0v) is 12.7. The molecule has 19 heavy (non-hydrogen) atoms. The van der Waals surface area contributed by atoms with Crippen LogP contribution in [0.4, 0.5) is 0 Å². The number of aliphatic hydroxyl groups excluding tert-OH is 1. The molecule has 0 radical (unpaired) electrons. The van der Waals surface area contributed by atoms with E-state index in [1.165, 1.54) is 22.3 Å². The Labute approximate surface area is 117 Å². The Balaban J connectivity index is 2.53. The van der Waals surface area contributed by atoms with Gasteiger partial charge in [0.1, 0.15) is 0 Å². The summed E-state index contributed by atoms with van der Waals surface area (Å²) in [5, 5.41) is 9.74. The molecule has 0 fully saturated rings. The third-order valence-electron chi connectivity index (χ3n) is 3.61. The van der Waals surface area contributed by atoms with Crippen LogP contribution < -0.4 is 5.73 Å². The highest BCUT2D eigenvalue weighted by Gasteiger charge is 2.09. The fourth-order valence-corrected chi connectivity index (χ4v) is 2.64. The Morgan fingerprint density at radius 3 is 2.32 bits per heavy atom. The number of nitrogens with two attached hydrogens (primary N) is 1. The third-order valence-corrected chi connectivity index (χ3v) is 3.61. The van der Waals surface area contributed by atoms with Crippen molar-refractivity contribution in [2.75, 3.05) is 26.7 Å². The Bertz CT molecular complexity index is 381. The molecular weight excluding hydrogens is 236 g/mol. The largest absolute Gasteiger partial charge is 0.392 e. The van der Waals surface area contributed by atoms with Gasteiger partial charge in [-0.15, -0.1) is 0 Å². The molecule has 1 rings (SSSR count). The molecule has 0 aliphatic rings. The van der Waals surface area contributed by atoms with Crippen LogP contribution in [0.1, 0.15) is 28.7 Å². The van der Waals surface area contributed by atoms with Crippen molar-refractivity contribution in [1.29, 1.82) is 0 Å². The fourth-order valence-electron chi connectivity index (χ4n) is 2.64. The van der Waals surface area contributed by atoms with Gasteiger partial charge >= 0.3 is 0 Å². The predicted octanol–water partition coefficient (Wildman–Crippen LogP) is 1.80. The lowest BCUT2D eigenvalue weighted by atomic mass is 9.97. The molecule has 1 aromatic carbocycles. The number of nitrogens with zero attached hydrogens (tertiary/aromatic N) is 1. The zero-order chi connectivity index (χ0) is 14.4. The molecule has 0 bridgehead atoms. The van der Waals surface area contributed by atoms with Crippen LogP contribution in [-0.4, -0.2) is 42.8 Å². The normalized spacial score (nSPS) is 13.0. The summed E-state index contributed by atoms with van der Waals surface area (Å²) >= 11 is 0. The number of aryl methyl sites for hydroxylation is 3. The number of likely N-dealkylation sites (N-methyl/N-ethyl adjacent to an activating group) is 1. The van der Waals surface area contributed by atoms with Crippen LogP contribution >= 0.6 is 0 Å². The van der Waals surface area contributed by atoms with Crippen molar-refractivity contribution in [3.8, 4) is 0 Å². The molecule has 3 nitrogen and oxygen atoms in total. The summed E-state index contributed by atoms with van der Waals surface area (Å²) in [6.07, 6.45) is 1.40. The molecule has 0 saturated heterocycles. The average Bonchev–Trinajstić information content (AvgIpc) is 2.27. The molecule has 0 aromatic heterocycles. The molecule has 3 N–H and O–H groups in total. The van der Waals surface area contributed by atoms with Crippen LogP contribution in [0.15, 0.2) is 12.1 Å². The van der Waals surface area contributed by atoms with Crippen molar-refractivity contribution in [3.05, 3.63) is 34.4 Å². The maximum Gasteiger partial charge on any atom is 0.0679 e. The van der Waals surface area contributed by atoms with E-state index in [-0.39, 0.29) is 6.10 Å². The van der Waals surface area contributed by atoms with Crippen molar-refractivity contribution >= 4 is 0 Å². The molecule has 3 heteroatoms. The second-order valence-corrected chi connectivity index (χ2v) is 5.62. The van der Waals surface area contributed by atoms with E-state index >= 15 is 0 Å². The summed E-state index contributed by atoms with van der Waals surface area (Å²) < 4.78 is 0. The van der Waals surface area contributed by atoms with E-state index in [9.17, 15) is 5.11 Å². The van der Waals surface area contributed by atoms with E-state index in [1.54, 1.807) is 0 Å². The maximum absolute atomic E-state index is 9.74. The minimum Gasteiger partial charge on any atom is -0.392 e. The van der Waals surface area contributed by atoms with Crippen LogP contribution in [-0.2, 0) is 6.42 Å². The number of hydrogen-bond acceptors (Lipinski definition) is 3. The molecule has 0 aliphatic heterocycles. The van der Waals surface area contributed by atoms with Gasteiger partial charge in [-0.3, -0.25) is 0 Å². The lowest BCUT2D eigenvalue weighted by Gasteiger charge is -2.21. The summed E-state index contributed by atoms with van der Waals surface area (Å²) in [6.45, 7) is 8.70. The summed E-state index contributed by atoms with van der Waals surface area (Å²) in [6, 6.07) is 4.48. The molecule has 1 atom stereocenters. The minimum absolute atomic E-state index is 0.310. The average molecular weight is 264 g/mol. The first-order valence-electron chi connectivity index (χ1n) is 7.07. The van der Waals surface area contributed by atoms with Crippen molar-refractivity contribution in [2.24, 2.45) is 5.73 Å². The van der Waals surface area contributed by atoms with Crippen molar-refractivity contribution < 1.29 is 5.11 Å². The molecule has 0 aliphatic carbocycles. The molecule has 0 saturated carbocycles. The molecule has 0 spiro atoms. The van der Waals surface area contributed by atoms with Crippen molar-refractivity contribution in [1.82, 2.24) is 4.90 Å².